The highest BCUT2D eigenvalue weighted by Gasteiger charge is 2.24. The van der Waals surface area contributed by atoms with Gasteiger partial charge < -0.3 is 10.1 Å². The van der Waals surface area contributed by atoms with E-state index >= 15 is 0 Å². The smallest absolute Gasteiger partial charge is 0.321 e. The zero-order valence-electron chi connectivity index (χ0n) is 14.1. The van der Waals surface area contributed by atoms with Gasteiger partial charge in [-0.25, -0.2) is 9.48 Å². The maximum absolute atomic E-state index is 12.2. The molecule has 2 amide bonds. The van der Waals surface area contributed by atoms with Gasteiger partial charge in [-0.3, -0.25) is 15.2 Å². The molecule has 3 heterocycles. The number of pyridine rings is 1. The second-order valence-electron chi connectivity index (χ2n) is 5.57. The number of anilines is 1. The van der Waals surface area contributed by atoms with E-state index in [0.717, 1.165) is 18.8 Å². The van der Waals surface area contributed by atoms with Crippen molar-refractivity contribution in [3.8, 4) is 0 Å². The summed E-state index contributed by atoms with van der Waals surface area (Å²) in [5.74, 6) is 0.320. The van der Waals surface area contributed by atoms with Gasteiger partial charge in [0.2, 0.25) is 0 Å². The molecule has 1 aliphatic rings. The van der Waals surface area contributed by atoms with Gasteiger partial charge in [0.25, 0.3) is 5.95 Å². The predicted octanol–water partition coefficient (Wildman–Crippen LogP) is 0.283. The number of ether oxygens (including phenoxy) is 1. The van der Waals surface area contributed by atoms with Crippen LogP contribution in [-0.4, -0.2) is 69.0 Å². The van der Waals surface area contributed by atoms with E-state index in [2.05, 4.69) is 36.0 Å². The Bertz CT molecular complexity index is 671. The van der Waals surface area contributed by atoms with E-state index in [4.69, 9.17) is 4.74 Å². The maximum Gasteiger partial charge on any atom is 0.321 e. The fraction of sp³-hybridized carbons (Fsp3) is 0.533. The molecule has 0 aromatic carbocycles. The van der Waals surface area contributed by atoms with E-state index in [1.807, 2.05) is 25.1 Å². The van der Waals surface area contributed by atoms with Crippen LogP contribution in [0, 0.1) is 0 Å². The number of carbonyl (C=O) groups excluding carboxylic acids is 1. The number of urea groups is 1. The van der Waals surface area contributed by atoms with Crippen LogP contribution < -0.4 is 10.6 Å². The Morgan fingerprint density at radius 1 is 1.36 bits per heavy atom. The predicted molar refractivity (Wildman–Crippen MR) is 89.9 cm³/mol. The normalized spacial score (nSPS) is 16.4. The lowest BCUT2D eigenvalue weighted by atomic mass is 10.1. The number of hydrogen-bond acceptors (Lipinski definition) is 7. The molecule has 2 aromatic rings. The van der Waals surface area contributed by atoms with Crippen LogP contribution in [0.1, 0.15) is 18.7 Å². The fourth-order valence-electron chi connectivity index (χ4n) is 2.73. The van der Waals surface area contributed by atoms with Crippen LogP contribution in [0.2, 0.25) is 0 Å². The maximum atomic E-state index is 12.2. The Labute approximate surface area is 145 Å². The number of nitrogens with zero attached hydrogens (tertiary/aromatic N) is 6. The molecule has 1 atom stereocenters. The third kappa shape index (κ3) is 4.48. The molecule has 1 fully saturated rings. The lowest BCUT2D eigenvalue weighted by molar-refractivity contribution is 0.0159. The summed E-state index contributed by atoms with van der Waals surface area (Å²) in [6.07, 6.45) is 1.76. The van der Waals surface area contributed by atoms with Gasteiger partial charge in [0, 0.05) is 32.4 Å². The minimum atomic E-state index is -0.348. The third-order valence-electron chi connectivity index (χ3n) is 4.03. The van der Waals surface area contributed by atoms with Crippen molar-refractivity contribution in [3.63, 3.8) is 0 Å². The van der Waals surface area contributed by atoms with Crippen LogP contribution in [0.3, 0.4) is 0 Å². The first-order chi connectivity index (χ1) is 12.3. The summed E-state index contributed by atoms with van der Waals surface area (Å²) in [5.41, 5.74) is 0.920. The standard InChI is InChI=1S/C15H22N8O2/c1-2-23-14(19-20-21-23)18-15(24)17-11-13(12-5-3-4-6-16-12)22-7-9-25-10-8-22/h3-6,13H,2,7-11H2,1H3,(H2,17,18,19,21,24). The average Bonchev–Trinajstić information content (AvgIpc) is 3.11. The van der Waals surface area contributed by atoms with Gasteiger partial charge in [-0.15, -0.1) is 0 Å². The quantitative estimate of drug-likeness (QED) is 0.773. The van der Waals surface area contributed by atoms with E-state index in [1.54, 1.807) is 6.20 Å². The molecule has 2 aromatic heterocycles. The van der Waals surface area contributed by atoms with Crippen molar-refractivity contribution in [3.05, 3.63) is 30.1 Å². The minimum Gasteiger partial charge on any atom is -0.379 e. The number of carbonyl (C=O) groups is 1. The van der Waals surface area contributed by atoms with Crippen LogP contribution in [0.15, 0.2) is 24.4 Å². The number of aromatic nitrogens is 5. The van der Waals surface area contributed by atoms with Crippen molar-refractivity contribution in [2.45, 2.75) is 19.5 Å². The summed E-state index contributed by atoms with van der Waals surface area (Å²) in [4.78, 5) is 18.9. The molecular formula is C15H22N8O2. The zero-order valence-corrected chi connectivity index (χ0v) is 14.1. The number of amides is 2. The monoisotopic (exact) mass is 346 g/mol. The number of tetrazole rings is 1. The second kappa shape index (κ2) is 8.49. The number of morpholine rings is 1. The number of aryl methyl sites for hydroxylation is 1. The molecule has 0 saturated carbocycles. The van der Waals surface area contributed by atoms with E-state index < -0.39 is 0 Å². The zero-order chi connectivity index (χ0) is 17.5. The lowest BCUT2D eigenvalue weighted by Crippen LogP contribution is -2.44. The minimum absolute atomic E-state index is 0.0157. The van der Waals surface area contributed by atoms with Crippen LogP contribution in [0.4, 0.5) is 10.7 Å². The van der Waals surface area contributed by atoms with Crippen molar-refractivity contribution < 1.29 is 9.53 Å². The van der Waals surface area contributed by atoms with Gasteiger partial charge in [0.15, 0.2) is 0 Å². The Hall–Kier alpha value is -2.59. The van der Waals surface area contributed by atoms with Crippen LogP contribution in [0.5, 0.6) is 0 Å². The number of rotatable bonds is 6. The van der Waals surface area contributed by atoms with Crippen molar-refractivity contribution >= 4 is 12.0 Å². The molecule has 1 aliphatic heterocycles. The Morgan fingerprint density at radius 3 is 2.92 bits per heavy atom. The summed E-state index contributed by atoms with van der Waals surface area (Å²) in [7, 11) is 0. The number of nitrogens with one attached hydrogen (secondary N) is 2. The van der Waals surface area contributed by atoms with Crippen molar-refractivity contribution in [1.82, 2.24) is 35.4 Å². The summed E-state index contributed by atoms with van der Waals surface area (Å²) in [6, 6.07) is 5.43. The van der Waals surface area contributed by atoms with Gasteiger partial charge in [-0.05, 0) is 29.5 Å². The van der Waals surface area contributed by atoms with Crippen LogP contribution in [-0.2, 0) is 11.3 Å². The van der Waals surface area contributed by atoms with E-state index in [9.17, 15) is 4.79 Å². The van der Waals surface area contributed by atoms with Crippen LogP contribution in [0.25, 0.3) is 0 Å². The first-order valence-corrected chi connectivity index (χ1v) is 8.31. The summed E-state index contributed by atoms with van der Waals surface area (Å²) in [5, 5.41) is 16.7. The van der Waals surface area contributed by atoms with E-state index in [0.29, 0.717) is 32.3 Å². The molecule has 0 spiro atoms. The van der Waals surface area contributed by atoms with Gasteiger partial charge in [0.05, 0.1) is 24.9 Å². The lowest BCUT2D eigenvalue weighted by Gasteiger charge is -2.34. The van der Waals surface area contributed by atoms with Gasteiger partial charge in [-0.1, -0.05) is 11.2 Å². The summed E-state index contributed by atoms with van der Waals surface area (Å²) >= 11 is 0. The third-order valence-corrected chi connectivity index (χ3v) is 4.03. The molecule has 0 bridgehead atoms. The highest BCUT2D eigenvalue weighted by molar-refractivity contribution is 5.87. The van der Waals surface area contributed by atoms with Crippen molar-refractivity contribution in [2.75, 3.05) is 38.2 Å². The molecule has 134 valence electrons. The molecule has 1 saturated heterocycles. The summed E-state index contributed by atoms with van der Waals surface area (Å²) in [6.45, 7) is 5.87. The molecule has 10 heteroatoms. The Balaban J connectivity index is 1.63. The van der Waals surface area contributed by atoms with E-state index in [1.165, 1.54) is 4.68 Å². The van der Waals surface area contributed by atoms with Crippen molar-refractivity contribution in [2.24, 2.45) is 0 Å². The average molecular weight is 346 g/mol. The van der Waals surface area contributed by atoms with Gasteiger partial charge in [-0.2, -0.15) is 0 Å². The first kappa shape index (κ1) is 17.2. The molecule has 0 aliphatic carbocycles. The first-order valence-electron chi connectivity index (χ1n) is 8.31. The molecule has 25 heavy (non-hydrogen) atoms. The Kier molecular flexibility index (Phi) is 5.86. The molecule has 2 N–H and O–H groups in total. The fourth-order valence-corrected chi connectivity index (χ4v) is 2.73. The highest BCUT2D eigenvalue weighted by atomic mass is 16.5. The molecule has 10 nitrogen and oxygen atoms in total. The van der Waals surface area contributed by atoms with E-state index in [-0.39, 0.29) is 12.1 Å². The highest BCUT2D eigenvalue weighted by Crippen LogP contribution is 2.19. The van der Waals surface area contributed by atoms with Gasteiger partial charge in [0.1, 0.15) is 0 Å². The molecule has 0 radical (unpaired) electrons. The molecular weight excluding hydrogens is 324 g/mol. The molecule has 3 rings (SSSR count). The number of hydrogen-bond donors (Lipinski definition) is 2. The summed E-state index contributed by atoms with van der Waals surface area (Å²) < 4.78 is 6.93. The van der Waals surface area contributed by atoms with Crippen molar-refractivity contribution in [1.29, 1.82) is 0 Å². The topological polar surface area (TPSA) is 110 Å². The Morgan fingerprint density at radius 2 is 2.20 bits per heavy atom. The largest absolute Gasteiger partial charge is 0.379 e. The second-order valence-corrected chi connectivity index (χ2v) is 5.57. The van der Waals surface area contributed by atoms with Gasteiger partial charge >= 0.3 is 6.03 Å². The SMILES string of the molecule is CCn1nnnc1NC(=O)NCC(c1ccccn1)N1CCOCC1. The molecule has 1 unspecified atom stereocenters. The van der Waals surface area contributed by atoms with Crippen LogP contribution >= 0.6 is 0 Å².